The molecule has 182 valence electrons. The standard InChI is InChI=1S/C21H29F4NO5S/c1-14-20(2,9-5-3-4-8-18(27)28)19-16(21(23,24)25)12-15(22)13-17(19)26(14)10-6-7-11-32(29,30)31/h12-14H,3-11H2,1-2H3,(H,27,28)(H,29,30,31). The Morgan fingerprint density at radius 2 is 1.81 bits per heavy atom. The predicted molar refractivity (Wildman–Crippen MR) is 112 cm³/mol. The molecular formula is C21H29F4NO5S. The van der Waals surface area contributed by atoms with Crippen molar-refractivity contribution in [3.63, 3.8) is 0 Å². The maximum Gasteiger partial charge on any atom is 0.416 e. The van der Waals surface area contributed by atoms with E-state index in [1.54, 1.807) is 18.7 Å². The summed E-state index contributed by atoms with van der Waals surface area (Å²) in [7, 11) is -4.14. The van der Waals surface area contributed by atoms with Gasteiger partial charge in [-0.25, -0.2) is 4.39 Å². The zero-order valence-corrected chi connectivity index (χ0v) is 18.9. The van der Waals surface area contributed by atoms with Crippen molar-refractivity contribution >= 4 is 21.8 Å². The molecule has 0 saturated carbocycles. The van der Waals surface area contributed by atoms with Crippen LogP contribution < -0.4 is 4.90 Å². The number of alkyl halides is 3. The quantitative estimate of drug-likeness (QED) is 0.261. The second-order valence-corrected chi connectivity index (χ2v) is 10.2. The fourth-order valence-electron chi connectivity index (χ4n) is 4.56. The molecule has 0 amide bonds. The van der Waals surface area contributed by atoms with Gasteiger partial charge in [-0.1, -0.05) is 19.8 Å². The van der Waals surface area contributed by atoms with E-state index in [1.807, 2.05) is 0 Å². The van der Waals surface area contributed by atoms with E-state index in [9.17, 15) is 30.8 Å². The molecule has 2 unspecified atom stereocenters. The largest absolute Gasteiger partial charge is 0.481 e. The predicted octanol–water partition coefficient (Wildman–Crippen LogP) is 5.01. The lowest BCUT2D eigenvalue weighted by atomic mass is 9.73. The molecular weight excluding hydrogens is 454 g/mol. The van der Waals surface area contributed by atoms with Crippen molar-refractivity contribution in [2.75, 3.05) is 17.2 Å². The number of rotatable bonds is 11. The van der Waals surface area contributed by atoms with Gasteiger partial charge < -0.3 is 10.0 Å². The Hall–Kier alpha value is -1.88. The van der Waals surface area contributed by atoms with Crippen LogP contribution in [0, 0.1) is 5.82 Å². The van der Waals surface area contributed by atoms with E-state index in [1.165, 1.54) is 0 Å². The first-order chi connectivity index (χ1) is 14.7. The van der Waals surface area contributed by atoms with Crippen LogP contribution in [0.5, 0.6) is 0 Å². The first-order valence-electron chi connectivity index (χ1n) is 10.5. The molecule has 1 aromatic rings. The molecule has 1 heterocycles. The van der Waals surface area contributed by atoms with E-state index in [0.717, 1.165) is 6.07 Å². The average molecular weight is 484 g/mol. The van der Waals surface area contributed by atoms with Crippen LogP contribution in [0.2, 0.25) is 0 Å². The third kappa shape index (κ3) is 6.34. The fraction of sp³-hybridized carbons (Fsp3) is 0.667. The number of nitrogens with zero attached hydrogens (tertiary/aromatic N) is 1. The van der Waals surface area contributed by atoms with Gasteiger partial charge in [0.2, 0.25) is 0 Å². The Morgan fingerprint density at radius 3 is 2.38 bits per heavy atom. The molecule has 6 nitrogen and oxygen atoms in total. The van der Waals surface area contributed by atoms with Gasteiger partial charge in [-0.15, -0.1) is 0 Å². The lowest BCUT2D eigenvalue weighted by Crippen LogP contribution is -2.41. The van der Waals surface area contributed by atoms with Crippen molar-refractivity contribution in [1.82, 2.24) is 0 Å². The maximum atomic E-state index is 14.2. The molecule has 1 aromatic carbocycles. The number of unbranched alkanes of at least 4 members (excludes halogenated alkanes) is 3. The van der Waals surface area contributed by atoms with Crippen molar-refractivity contribution in [1.29, 1.82) is 0 Å². The number of halogens is 4. The van der Waals surface area contributed by atoms with Crippen molar-refractivity contribution in [2.45, 2.75) is 76.4 Å². The highest BCUT2D eigenvalue weighted by Crippen LogP contribution is 2.53. The van der Waals surface area contributed by atoms with Gasteiger partial charge in [0, 0.05) is 30.1 Å². The number of hydrogen-bond acceptors (Lipinski definition) is 4. The lowest BCUT2D eigenvalue weighted by molar-refractivity contribution is -0.139. The number of carboxylic acid groups (broad SMARTS) is 1. The molecule has 0 saturated heterocycles. The van der Waals surface area contributed by atoms with Gasteiger partial charge in [0.15, 0.2) is 0 Å². The van der Waals surface area contributed by atoms with Crippen molar-refractivity contribution in [3.05, 3.63) is 29.1 Å². The lowest BCUT2D eigenvalue weighted by Gasteiger charge is -2.35. The second kappa shape index (κ2) is 9.94. The maximum absolute atomic E-state index is 14.2. The summed E-state index contributed by atoms with van der Waals surface area (Å²) in [4.78, 5) is 12.4. The van der Waals surface area contributed by atoms with Gasteiger partial charge >= 0.3 is 12.1 Å². The number of aliphatic carboxylic acids is 1. The van der Waals surface area contributed by atoms with E-state index in [0.29, 0.717) is 31.7 Å². The summed E-state index contributed by atoms with van der Waals surface area (Å²) >= 11 is 0. The molecule has 2 atom stereocenters. The van der Waals surface area contributed by atoms with E-state index < -0.39 is 50.9 Å². The van der Waals surface area contributed by atoms with Crippen LogP contribution in [0.15, 0.2) is 12.1 Å². The Balaban J connectivity index is 2.34. The van der Waals surface area contributed by atoms with Crippen LogP contribution in [0.3, 0.4) is 0 Å². The highest BCUT2D eigenvalue weighted by molar-refractivity contribution is 7.85. The molecule has 0 radical (unpaired) electrons. The van der Waals surface area contributed by atoms with E-state index in [2.05, 4.69) is 0 Å². The van der Waals surface area contributed by atoms with Crippen molar-refractivity contribution in [3.8, 4) is 0 Å². The summed E-state index contributed by atoms with van der Waals surface area (Å²) in [5.74, 6) is -2.39. The zero-order chi connectivity index (χ0) is 24.3. The van der Waals surface area contributed by atoms with E-state index in [4.69, 9.17) is 9.66 Å². The van der Waals surface area contributed by atoms with E-state index >= 15 is 0 Å². The number of anilines is 1. The average Bonchev–Trinajstić information content (AvgIpc) is 2.84. The minimum absolute atomic E-state index is 0.0121. The summed E-state index contributed by atoms with van der Waals surface area (Å²) in [6.07, 6.45) is -2.53. The number of fused-ring (bicyclic) bond motifs is 1. The van der Waals surface area contributed by atoms with Crippen LogP contribution in [0.4, 0.5) is 23.2 Å². The highest BCUT2D eigenvalue weighted by atomic mass is 32.2. The number of carbonyl (C=O) groups is 1. The zero-order valence-electron chi connectivity index (χ0n) is 18.1. The van der Waals surface area contributed by atoms with Gasteiger partial charge in [-0.3, -0.25) is 9.35 Å². The topological polar surface area (TPSA) is 94.9 Å². The molecule has 32 heavy (non-hydrogen) atoms. The van der Waals surface area contributed by atoms with Gasteiger partial charge in [0.25, 0.3) is 10.1 Å². The van der Waals surface area contributed by atoms with Crippen LogP contribution in [0.25, 0.3) is 0 Å². The fourth-order valence-corrected chi connectivity index (χ4v) is 5.13. The molecule has 11 heteroatoms. The summed E-state index contributed by atoms with van der Waals surface area (Å²) in [5.41, 5.74) is -1.82. The molecule has 2 rings (SSSR count). The van der Waals surface area contributed by atoms with Crippen molar-refractivity contribution < 1.29 is 40.4 Å². The van der Waals surface area contributed by atoms with E-state index in [-0.39, 0.29) is 37.1 Å². The molecule has 0 fully saturated rings. The van der Waals surface area contributed by atoms with Gasteiger partial charge in [-0.2, -0.15) is 21.6 Å². The second-order valence-electron chi connectivity index (χ2n) is 8.58. The monoisotopic (exact) mass is 483 g/mol. The SMILES string of the molecule is CC1N(CCCCS(=O)(=O)O)c2cc(F)cc(C(F)(F)F)c2C1(C)CCCCCC(=O)O. The van der Waals surface area contributed by atoms with Crippen molar-refractivity contribution in [2.24, 2.45) is 0 Å². The molecule has 0 aliphatic carbocycles. The third-order valence-corrected chi connectivity index (χ3v) is 7.10. The Bertz CT molecular complexity index is 935. The van der Waals surface area contributed by atoms with Gasteiger partial charge in [-0.05, 0) is 50.3 Å². The van der Waals surface area contributed by atoms with Crippen LogP contribution in [0.1, 0.15) is 69.9 Å². The first-order valence-corrected chi connectivity index (χ1v) is 12.1. The summed E-state index contributed by atoms with van der Waals surface area (Å²) < 4.78 is 86.5. The Morgan fingerprint density at radius 1 is 1.16 bits per heavy atom. The first kappa shape index (κ1) is 26.4. The Kier molecular flexibility index (Phi) is 8.20. The van der Waals surface area contributed by atoms with Crippen LogP contribution in [-0.2, 0) is 26.5 Å². The van der Waals surface area contributed by atoms with Gasteiger partial charge in [0.1, 0.15) is 5.82 Å². The molecule has 0 aromatic heterocycles. The molecule has 1 aliphatic rings. The number of benzene rings is 1. The smallest absolute Gasteiger partial charge is 0.416 e. The normalized spacial score (nSPS) is 21.1. The van der Waals surface area contributed by atoms with Crippen LogP contribution in [-0.4, -0.2) is 42.4 Å². The molecule has 0 spiro atoms. The Labute approximate surface area is 185 Å². The van der Waals surface area contributed by atoms with Crippen LogP contribution >= 0.6 is 0 Å². The molecule has 0 bridgehead atoms. The molecule has 2 N–H and O–H groups in total. The number of carboxylic acids is 1. The summed E-state index contributed by atoms with van der Waals surface area (Å²) in [6.45, 7) is 3.68. The minimum atomic E-state index is -4.75. The summed E-state index contributed by atoms with van der Waals surface area (Å²) in [6, 6.07) is 1.17. The molecule has 1 aliphatic heterocycles. The number of hydrogen-bond donors (Lipinski definition) is 2. The highest BCUT2D eigenvalue weighted by Gasteiger charge is 2.50. The minimum Gasteiger partial charge on any atom is -0.481 e. The third-order valence-electron chi connectivity index (χ3n) is 6.30. The van der Waals surface area contributed by atoms with Gasteiger partial charge in [0.05, 0.1) is 11.3 Å². The summed E-state index contributed by atoms with van der Waals surface area (Å²) in [5, 5.41) is 8.77.